The fourth-order valence-electron chi connectivity index (χ4n) is 10.7. The summed E-state index contributed by atoms with van der Waals surface area (Å²) in [5.74, 6) is 1.32. The van der Waals surface area contributed by atoms with Crippen molar-refractivity contribution in [3.05, 3.63) is 178 Å². The molecule has 3 aliphatic heterocycles. The summed E-state index contributed by atoms with van der Waals surface area (Å²) in [6, 6.07) is 33.0. The smallest absolute Gasteiger partial charge is 0.329 e. The molecule has 5 aromatic rings. The van der Waals surface area contributed by atoms with Gasteiger partial charge in [-0.25, -0.2) is 14.5 Å². The third-order valence-electron chi connectivity index (χ3n) is 13.9. The number of ether oxygens (including phenoxy) is 2. The summed E-state index contributed by atoms with van der Waals surface area (Å²) >= 11 is 0. The molecule has 3 heterocycles. The number of aliphatic hydroxyl groups excluding tert-OH is 1. The van der Waals surface area contributed by atoms with Crippen molar-refractivity contribution in [1.82, 2.24) is 15.5 Å². The second-order valence-corrected chi connectivity index (χ2v) is 18.3. The van der Waals surface area contributed by atoms with Crippen molar-refractivity contribution in [3.63, 3.8) is 0 Å². The van der Waals surface area contributed by atoms with Crippen molar-refractivity contribution in [1.29, 1.82) is 0 Å². The minimum Gasteiger partial charge on any atom is -0.508 e. The number of benzene rings is 5. The molecule has 8 atom stereocenters. The second-order valence-electron chi connectivity index (χ2n) is 18.3. The Morgan fingerprint density at radius 3 is 2.13 bits per heavy atom. The summed E-state index contributed by atoms with van der Waals surface area (Å²) in [5.41, 5.74) is 2.02. The number of phenols is 1. The van der Waals surface area contributed by atoms with Crippen LogP contribution in [-0.4, -0.2) is 70.6 Å². The number of carbonyl (C=O) groups excluding carboxylic acids is 5. The van der Waals surface area contributed by atoms with E-state index in [4.69, 9.17) is 9.47 Å². The molecule has 0 radical (unpaired) electrons. The van der Waals surface area contributed by atoms with Gasteiger partial charge >= 0.3 is 18.0 Å². The maximum Gasteiger partial charge on any atom is 0.329 e. The lowest BCUT2D eigenvalue weighted by Crippen LogP contribution is -2.58. The molecule has 352 valence electrons. The Bertz CT molecular complexity index is 2840. The normalized spacial score (nSPS) is 23.7. The molecule has 1 spiro atoms. The average Bonchev–Trinajstić information content (AvgIpc) is 3.83. The second kappa shape index (κ2) is 19.6. The molecule has 4 N–H and O–H groups in total. The van der Waals surface area contributed by atoms with E-state index in [0.29, 0.717) is 27.8 Å². The Labute approximate surface area is 401 Å². The maximum atomic E-state index is 16.6. The van der Waals surface area contributed by atoms with Crippen LogP contribution in [0.4, 0.5) is 10.5 Å². The zero-order valence-electron chi connectivity index (χ0n) is 38.6. The number of allylic oxidation sites excluding steroid dienone is 2. The van der Waals surface area contributed by atoms with E-state index in [2.05, 4.69) is 28.6 Å². The van der Waals surface area contributed by atoms with Gasteiger partial charge in [0.2, 0.25) is 11.8 Å². The number of nitrogens with zero attached hydrogens (tertiary/aromatic N) is 2. The predicted octanol–water partition coefficient (Wildman–Crippen LogP) is 7.67. The molecule has 0 bridgehead atoms. The van der Waals surface area contributed by atoms with Gasteiger partial charge in [0, 0.05) is 12.1 Å². The van der Waals surface area contributed by atoms with Crippen LogP contribution in [0.2, 0.25) is 0 Å². The highest BCUT2D eigenvalue weighted by Crippen LogP contribution is 2.66. The third-order valence-corrected chi connectivity index (χ3v) is 13.9. The topological polar surface area (TPSA) is 175 Å². The van der Waals surface area contributed by atoms with E-state index < -0.39 is 83.4 Å². The van der Waals surface area contributed by atoms with Crippen molar-refractivity contribution < 1.29 is 43.7 Å². The lowest BCUT2D eigenvalue weighted by Gasteiger charge is -2.46. The molecule has 0 aromatic heterocycles. The Kier molecular flexibility index (Phi) is 13.2. The molecule has 9 rings (SSSR count). The van der Waals surface area contributed by atoms with Crippen LogP contribution in [0.25, 0.3) is 0 Å². The molecular formula is C56H54N4O9. The number of aliphatic hydroxyl groups is 1. The first kappa shape index (κ1) is 46.6. The van der Waals surface area contributed by atoms with Gasteiger partial charge in [0.25, 0.3) is 0 Å². The number of cyclic esters (lactones) is 1. The van der Waals surface area contributed by atoms with Crippen LogP contribution in [0.1, 0.15) is 97.2 Å². The molecule has 5 aromatic carbocycles. The number of morpholine rings is 1. The lowest BCUT2D eigenvalue weighted by atomic mass is 9.65. The molecule has 0 unspecified atom stereocenters. The van der Waals surface area contributed by atoms with Crippen molar-refractivity contribution in [3.8, 4) is 17.6 Å². The molecule has 4 amide bonds. The number of nitrogens with one attached hydrogen (secondary N) is 2. The highest BCUT2D eigenvalue weighted by Gasteiger charge is 2.75. The van der Waals surface area contributed by atoms with E-state index in [1.807, 2.05) is 65.6 Å². The summed E-state index contributed by atoms with van der Waals surface area (Å²) in [4.78, 5) is 78.7. The molecule has 13 nitrogen and oxygen atoms in total. The van der Waals surface area contributed by atoms with Crippen molar-refractivity contribution in [2.45, 2.75) is 81.3 Å². The monoisotopic (exact) mass is 926 g/mol. The molecule has 1 aliphatic carbocycles. The molecule has 69 heavy (non-hydrogen) atoms. The number of anilines is 1. The van der Waals surface area contributed by atoms with E-state index in [9.17, 15) is 15.0 Å². The number of amides is 4. The number of esters is 2. The molecule has 13 heteroatoms. The highest BCUT2D eigenvalue weighted by atomic mass is 16.6. The number of imide groups is 1. The van der Waals surface area contributed by atoms with Crippen LogP contribution in [-0.2, 0) is 34.1 Å². The van der Waals surface area contributed by atoms with Crippen LogP contribution < -0.4 is 15.5 Å². The first-order chi connectivity index (χ1) is 33.4. The number of rotatable bonds is 10. The predicted molar refractivity (Wildman–Crippen MR) is 257 cm³/mol. The van der Waals surface area contributed by atoms with Gasteiger partial charge in [-0.3, -0.25) is 19.3 Å². The minimum absolute atomic E-state index is 0.0670. The number of methoxy groups -OCH3 is 1. The molecular weight excluding hydrogens is 873 g/mol. The van der Waals surface area contributed by atoms with Gasteiger partial charge < -0.3 is 30.3 Å². The van der Waals surface area contributed by atoms with E-state index in [-0.39, 0.29) is 23.5 Å². The quantitative estimate of drug-likeness (QED) is 0.0804. The minimum atomic E-state index is -2.13. The summed E-state index contributed by atoms with van der Waals surface area (Å²) in [6.07, 6.45) is 3.77. The van der Waals surface area contributed by atoms with E-state index in [1.54, 1.807) is 74.5 Å². The van der Waals surface area contributed by atoms with Gasteiger partial charge in [-0.15, -0.1) is 0 Å². The number of urea groups is 1. The van der Waals surface area contributed by atoms with Gasteiger partial charge in [0.05, 0.1) is 36.9 Å². The van der Waals surface area contributed by atoms with Gasteiger partial charge in [-0.2, -0.15) is 0 Å². The summed E-state index contributed by atoms with van der Waals surface area (Å²) in [5, 5.41) is 27.9. The number of hydrogen-bond donors (Lipinski definition) is 4. The van der Waals surface area contributed by atoms with Crippen molar-refractivity contribution in [2.24, 2.45) is 11.8 Å². The maximum absolute atomic E-state index is 16.6. The van der Waals surface area contributed by atoms with Gasteiger partial charge in [0.15, 0.2) is 0 Å². The zero-order valence-corrected chi connectivity index (χ0v) is 38.6. The summed E-state index contributed by atoms with van der Waals surface area (Å²) in [7, 11) is 1.21. The third kappa shape index (κ3) is 8.55. The van der Waals surface area contributed by atoms with E-state index in [1.165, 1.54) is 19.2 Å². The SMILES string of the molecule is COC(=O)[C@@H](NC(=O)N1C(=O)[C@@]2(c3cc(C#CC4=CCCCC4)ccc31)[C@H](c1ccc(O)cc1)N1[C@H](c3ccccc3)[C@H](c3ccccc3)OC(=O)[C@H]1[C@@H]2C(=O)NC[C@H](O)c1ccccc1)C(C)C. The lowest BCUT2D eigenvalue weighted by molar-refractivity contribution is -0.178. The Hall–Kier alpha value is -7.53. The Morgan fingerprint density at radius 1 is 0.826 bits per heavy atom. The number of fused-ring (bicyclic) bond motifs is 3. The van der Waals surface area contributed by atoms with Gasteiger partial charge in [-0.1, -0.05) is 135 Å². The summed E-state index contributed by atoms with van der Waals surface area (Å²) in [6.45, 7) is 3.17. The fourth-order valence-corrected chi connectivity index (χ4v) is 10.7. The van der Waals surface area contributed by atoms with Crippen LogP contribution in [0.15, 0.2) is 145 Å². The van der Waals surface area contributed by atoms with Crippen molar-refractivity contribution in [2.75, 3.05) is 18.6 Å². The first-order valence-electron chi connectivity index (χ1n) is 23.4. The number of phenolic OH excluding ortho intramolecular Hbond substituents is 1. The number of hydrogen-bond acceptors (Lipinski definition) is 10. The average molecular weight is 927 g/mol. The molecule has 2 saturated heterocycles. The van der Waals surface area contributed by atoms with Gasteiger partial charge in [-0.05, 0) is 95.3 Å². The standard InChI is InChI=1S/C56H54N4O9/c1-34(2)46(52(64)68-3)58-55(67)59-43-31-26-36(25-24-35-16-8-4-9-17-35)32-42(43)56(54(59)66)45(51(63)57-33-44(62)37-18-10-5-11-19-37)48-53(65)69-49(39-22-14-7-15-23-39)47(38-20-12-6-13-21-38)60(48)50(56)40-27-29-41(61)30-28-40/h5-7,10-16,18-23,26-32,34,44-50,61-62H,4,8-9,17,33H2,1-3H3,(H,57,63)(H,58,67)/t44-,45+,46-,47+,48+,49-,50-,56+/m0/s1. The van der Waals surface area contributed by atoms with Crippen LogP contribution in [0.5, 0.6) is 5.75 Å². The van der Waals surface area contributed by atoms with Crippen LogP contribution >= 0.6 is 0 Å². The van der Waals surface area contributed by atoms with Crippen molar-refractivity contribution >= 4 is 35.5 Å². The molecule has 0 saturated carbocycles. The fraction of sp³-hybridized carbons (Fsp3) is 0.304. The number of aromatic hydroxyl groups is 1. The first-order valence-corrected chi connectivity index (χ1v) is 23.4. The Morgan fingerprint density at radius 2 is 1.49 bits per heavy atom. The van der Waals surface area contributed by atoms with Gasteiger partial charge in [0.1, 0.15) is 29.4 Å². The molecule has 2 fully saturated rings. The molecule has 4 aliphatic rings. The Balaban J connectivity index is 1.33. The number of carbonyl (C=O) groups is 5. The summed E-state index contributed by atoms with van der Waals surface area (Å²) < 4.78 is 11.6. The van der Waals surface area contributed by atoms with E-state index in [0.717, 1.165) is 36.2 Å². The van der Waals surface area contributed by atoms with E-state index >= 15 is 19.2 Å². The zero-order chi connectivity index (χ0) is 48.4. The largest absolute Gasteiger partial charge is 0.508 e. The van der Waals surface area contributed by atoms with Crippen LogP contribution in [0, 0.1) is 23.7 Å². The highest BCUT2D eigenvalue weighted by molar-refractivity contribution is 6.25. The van der Waals surface area contributed by atoms with Crippen LogP contribution in [0.3, 0.4) is 0 Å².